The predicted octanol–water partition coefficient (Wildman–Crippen LogP) is 3.56. The van der Waals surface area contributed by atoms with Crippen LogP contribution in [0.2, 0.25) is 0 Å². The highest BCUT2D eigenvalue weighted by atomic mass is 16.5. The molecule has 0 fully saturated rings. The Labute approximate surface area is 146 Å². The summed E-state index contributed by atoms with van der Waals surface area (Å²) in [5.41, 5.74) is 6.18. The number of ether oxygens (including phenoxy) is 1. The van der Waals surface area contributed by atoms with E-state index in [1.54, 1.807) is 25.1 Å². The number of amides is 1. The SMILES string of the molecule is CCOC(=O)c1ccc2c(c1)C(=Cc1c[nH]c3c1CCCC3)C(=O)N2. The van der Waals surface area contributed by atoms with E-state index in [0.29, 0.717) is 17.7 Å². The van der Waals surface area contributed by atoms with Gasteiger partial charge in [0.15, 0.2) is 0 Å². The van der Waals surface area contributed by atoms with E-state index in [4.69, 9.17) is 4.74 Å². The Hall–Kier alpha value is -2.82. The van der Waals surface area contributed by atoms with Crippen molar-refractivity contribution >= 4 is 29.2 Å². The third-order valence-electron chi connectivity index (χ3n) is 4.83. The minimum absolute atomic E-state index is 0.137. The van der Waals surface area contributed by atoms with Crippen LogP contribution >= 0.6 is 0 Å². The number of benzene rings is 1. The summed E-state index contributed by atoms with van der Waals surface area (Å²) in [4.78, 5) is 27.8. The molecule has 1 aliphatic carbocycles. The molecule has 0 saturated carbocycles. The minimum Gasteiger partial charge on any atom is -0.462 e. The molecule has 2 N–H and O–H groups in total. The lowest BCUT2D eigenvalue weighted by atomic mass is 9.93. The van der Waals surface area contributed by atoms with Crippen molar-refractivity contribution in [1.82, 2.24) is 4.98 Å². The molecule has 4 rings (SSSR count). The van der Waals surface area contributed by atoms with Gasteiger partial charge >= 0.3 is 5.97 Å². The minimum atomic E-state index is -0.372. The van der Waals surface area contributed by atoms with E-state index in [2.05, 4.69) is 10.3 Å². The fourth-order valence-corrected chi connectivity index (χ4v) is 3.59. The number of carbonyl (C=O) groups excluding carboxylic acids is 2. The molecule has 5 nitrogen and oxygen atoms in total. The molecule has 2 aliphatic rings. The van der Waals surface area contributed by atoms with Crippen LogP contribution in [0.1, 0.15) is 52.5 Å². The van der Waals surface area contributed by atoms with E-state index in [-0.39, 0.29) is 11.9 Å². The van der Waals surface area contributed by atoms with Crippen molar-refractivity contribution < 1.29 is 14.3 Å². The van der Waals surface area contributed by atoms with Crippen molar-refractivity contribution in [2.45, 2.75) is 32.6 Å². The molecule has 128 valence electrons. The van der Waals surface area contributed by atoms with Gasteiger partial charge in [-0.1, -0.05) is 0 Å². The van der Waals surface area contributed by atoms with Crippen molar-refractivity contribution in [3.8, 4) is 0 Å². The molecule has 2 heterocycles. The summed E-state index contributed by atoms with van der Waals surface area (Å²) >= 11 is 0. The number of anilines is 1. The lowest BCUT2D eigenvalue weighted by Crippen LogP contribution is -2.04. The van der Waals surface area contributed by atoms with Crippen LogP contribution in [0.5, 0.6) is 0 Å². The van der Waals surface area contributed by atoms with Gasteiger partial charge in [0.1, 0.15) is 0 Å². The molecule has 1 amide bonds. The maximum atomic E-state index is 12.4. The van der Waals surface area contributed by atoms with Gasteiger partial charge in [-0.2, -0.15) is 0 Å². The summed E-state index contributed by atoms with van der Waals surface area (Å²) in [6.45, 7) is 2.10. The number of aryl methyl sites for hydroxylation is 1. The highest BCUT2D eigenvalue weighted by Crippen LogP contribution is 2.35. The molecule has 2 aromatic rings. The van der Waals surface area contributed by atoms with Gasteiger partial charge in [0.25, 0.3) is 5.91 Å². The summed E-state index contributed by atoms with van der Waals surface area (Å²) in [7, 11) is 0. The van der Waals surface area contributed by atoms with Gasteiger partial charge < -0.3 is 15.0 Å². The Bertz CT molecular complexity index is 892. The molecule has 0 unspecified atom stereocenters. The normalized spacial score (nSPS) is 17.2. The zero-order chi connectivity index (χ0) is 17.4. The van der Waals surface area contributed by atoms with Gasteiger partial charge in [-0.15, -0.1) is 0 Å². The first-order valence-electron chi connectivity index (χ1n) is 8.71. The van der Waals surface area contributed by atoms with Crippen LogP contribution < -0.4 is 5.32 Å². The number of rotatable bonds is 3. The first-order chi connectivity index (χ1) is 12.2. The largest absolute Gasteiger partial charge is 0.462 e. The van der Waals surface area contributed by atoms with Crippen LogP contribution in [0.15, 0.2) is 24.4 Å². The summed E-state index contributed by atoms with van der Waals surface area (Å²) < 4.78 is 5.06. The van der Waals surface area contributed by atoms with Crippen LogP contribution in [0, 0.1) is 0 Å². The molecule has 0 atom stereocenters. The third kappa shape index (κ3) is 2.76. The van der Waals surface area contributed by atoms with Crippen LogP contribution in [0.4, 0.5) is 5.69 Å². The molecule has 1 aromatic heterocycles. The monoisotopic (exact) mass is 336 g/mol. The lowest BCUT2D eigenvalue weighted by Gasteiger charge is -2.11. The molecule has 0 saturated heterocycles. The van der Waals surface area contributed by atoms with Crippen molar-refractivity contribution in [2.75, 3.05) is 11.9 Å². The van der Waals surface area contributed by atoms with E-state index in [1.165, 1.54) is 24.1 Å². The molecule has 1 aromatic carbocycles. The number of aromatic nitrogens is 1. The van der Waals surface area contributed by atoms with Gasteiger partial charge in [-0.3, -0.25) is 4.79 Å². The second kappa shape index (κ2) is 6.24. The Kier molecular flexibility index (Phi) is 3.92. The van der Waals surface area contributed by atoms with Crippen molar-refractivity contribution in [3.63, 3.8) is 0 Å². The topological polar surface area (TPSA) is 71.2 Å². The smallest absolute Gasteiger partial charge is 0.338 e. The molecule has 5 heteroatoms. The molecule has 25 heavy (non-hydrogen) atoms. The number of esters is 1. The molecule has 0 spiro atoms. The maximum absolute atomic E-state index is 12.4. The van der Waals surface area contributed by atoms with E-state index >= 15 is 0 Å². The van der Waals surface area contributed by atoms with E-state index in [0.717, 1.165) is 29.7 Å². The molecule has 0 radical (unpaired) electrons. The Balaban J connectivity index is 1.75. The average molecular weight is 336 g/mol. The number of hydrogen-bond acceptors (Lipinski definition) is 3. The molecular weight excluding hydrogens is 316 g/mol. The fraction of sp³-hybridized carbons (Fsp3) is 0.300. The summed E-state index contributed by atoms with van der Waals surface area (Å²) in [5.74, 6) is -0.509. The van der Waals surface area contributed by atoms with Gasteiger partial charge in [0.05, 0.1) is 12.2 Å². The average Bonchev–Trinajstić information content (AvgIpc) is 3.16. The summed E-state index contributed by atoms with van der Waals surface area (Å²) in [6.07, 6.45) is 8.39. The highest BCUT2D eigenvalue weighted by molar-refractivity contribution is 6.35. The first-order valence-corrected chi connectivity index (χ1v) is 8.71. The van der Waals surface area contributed by atoms with Gasteiger partial charge in [-0.05, 0) is 68.0 Å². The zero-order valence-electron chi connectivity index (χ0n) is 14.1. The van der Waals surface area contributed by atoms with Crippen LogP contribution in [0.25, 0.3) is 11.6 Å². The molecule has 1 aliphatic heterocycles. The van der Waals surface area contributed by atoms with Crippen molar-refractivity contribution in [1.29, 1.82) is 0 Å². The maximum Gasteiger partial charge on any atom is 0.338 e. The van der Waals surface area contributed by atoms with Crippen LogP contribution in [-0.2, 0) is 22.4 Å². The van der Waals surface area contributed by atoms with Crippen molar-refractivity contribution in [2.24, 2.45) is 0 Å². The Morgan fingerprint density at radius 2 is 2.12 bits per heavy atom. The number of nitrogens with one attached hydrogen (secondary N) is 2. The Morgan fingerprint density at radius 3 is 2.96 bits per heavy atom. The third-order valence-corrected chi connectivity index (χ3v) is 4.83. The second-order valence-corrected chi connectivity index (χ2v) is 6.40. The van der Waals surface area contributed by atoms with E-state index < -0.39 is 0 Å². The van der Waals surface area contributed by atoms with E-state index in [9.17, 15) is 9.59 Å². The van der Waals surface area contributed by atoms with Crippen LogP contribution in [-0.4, -0.2) is 23.5 Å². The fourth-order valence-electron chi connectivity index (χ4n) is 3.59. The van der Waals surface area contributed by atoms with Gasteiger partial charge in [-0.25, -0.2) is 4.79 Å². The highest BCUT2D eigenvalue weighted by Gasteiger charge is 2.26. The number of carbonyl (C=O) groups is 2. The van der Waals surface area contributed by atoms with Gasteiger partial charge in [0.2, 0.25) is 0 Å². The summed E-state index contributed by atoms with van der Waals surface area (Å²) in [5, 5.41) is 2.87. The molecule has 0 bridgehead atoms. The second-order valence-electron chi connectivity index (χ2n) is 6.40. The van der Waals surface area contributed by atoms with Crippen molar-refractivity contribution in [3.05, 3.63) is 52.3 Å². The van der Waals surface area contributed by atoms with Gasteiger partial charge in [0, 0.05) is 28.7 Å². The zero-order valence-corrected chi connectivity index (χ0v) is 14.1. The predicted molar refractivity (Wildman–Crippen MR) is 96.3 cm³/mol. The number of hydrogen-bond donors (Lipinski definition) is 2. The van der Waals surface area contributed by atoms with Crippen LogP contribution in [0.3, 0.4) is 0 Å². The van der Waals surface area contributed by atoms with E-state index in [1.807, 2.05) is 12.3 Å². The quantitative estimate of drug-likeness (QED) is 0.665. The Morgan fingerprint density at radius 1 is 1.28 bits per heavy atom. The number of H-pyrrole nitrogens is 1. The summed E-state index contributed by atoms with van der Waals surface area (Å²) in [6, 6.07) is 5.17. The number of aromatic amines is 1. The molecular formula is C20H20N2O3. The number of fused-ring (bicyclic) bond motifs is 2. The first kappa shape index (κ1) is 15.7. The lowest BCUT2D eigenvalue weighted by molar-refractivity contribution is -0.110. The standard InChI is InChI=1S/C20H20N2O3/c1-2-25-20(24)12-7-8-18-15(9-12)16(19(23)22-18)10-13-11-21-17-6-4-3-5-14(13)17/h7-11,21H,2-6H2,1H3,(H,22,23).